The molecule has 9 nitrogen and oxygen atoms in total. The number of hydrogen-bond acceptors (Lipinski definition) is 5. The minimum absolute atomic E-state index is 0.189. The molecule has 11 heteroatoms. The molecule has 0 N–H and O–H groups in total. The predicted molar refractivity (Wildman–Crippen MR) is 132 cm³/mol. The van der Waals surface area contributed by atoms with Gasteiger partial charge >= 0.3 is 5.69 Å². The number of amides is 1. The van der Waals surface area contributed by atoms with E-state index in [1.807, 2.05) is 11.8 Å². The van der Waals surface area contributed by atoms with Crippen LogP contribution in [0.3, 0.4) is 0 Å². The van der Waals surface area contributed by atoms with Crippen LogP contribution in [0.5, 0.6) is 0 Å². The summed E-state index contributed by atoms with van der Waals surface area (Å²) in [6.45, 7) is 3.80. The van der Waals surface area contributed by atoms with Crippen molar-refractivity contribution in [3.05, 3.63) is 74.1 Å². The van der Waals surface area contributed by atoms with E-state index in [4.69, 9.17) is 11.6 Å². The Morgan fingerprint density at radius 1 is 1.09 bits per heavy atom. The van der Waals surface area contributed by atoms with E-state index >= 15 is 0 Å². The standard InChI is InChI=1S/C24H24ClFN6O3/c1-2-9-30-22(34)17-14-16(25)7-8-19(17)32-23(30)27-31(24(32)35)15-21(33)29-12-10-28(11-13-29)20-6-4-3-5-18(20)26/h3-8,14H,2,9-13,15H2,1H3. The Hall–Kier alpha value is -3.66. The van der Waals surface area contributed by atoms with E-state index in [0.29, 0.717) is 60.8 Å². The van der Waals surface area contributed by atoms with Crippen LogP contribution in [-0.2, 0) is 17.9 Å². The third-order valence-corrected chi connectivity index (χ3v) is 6.53. The second kappa shape index (κ2) is 9.18. The second-order valence-corrected chi connectivity index (χ2v) is 8.95. The second-order valence-electron chi connectivity index (χ2n) is 8.51. The molecule has 2 aromatic heterocycles. The summed E-state index contributed by atoms with van der Waals surface area (Å²) in [5.41, 5.74) is 0.112. The largest absolute Gasteiger partial charge is 0.366 e. The lowest BCUT2D eigenvalue weighted by Crippen LogP contribution is -2.50. The van der Waals surface area contributed by atoms with E-state index in [0.717, 1.165) is 4.68 Å². The van der Waals surface area contributed by atoms with E-state index in [9.17, 15) is 18.8 Å². The Kier molecular flexibility index (Phi) is 6.06. The number of halogens is 2. The Morgan fingerprint density at radius 2 is 1.83 bits per heavy atom. The maximum absolute atomic E-state index is 14.1. The van der Waals surface area contributed by atoms with Crippen LogP contribution in [0.15, 0.2) is 52.1 Å². The fourth-order valence-corrected chi connectivity index (χ4v) is 4.73. The Morgan fingerprint density at radius 3 is 2.54 bits per heavy atom. The molecule has 0 unspecified atom stereocenters. The number of benzene rings is 2. The SMILES string of the molecule is CCCn1c(=O)c2cc(Cl)ccc2n2c(=O)n(CC(=O)N3CCN(c4ccccc4F)CC3)nc12. The van der Waals surface area contributed by atoms with Gasteiger partial charge in [0, 0.05) is 37.7 Å². The molecule has 0 spiro atoms. The molecule has 3 heterocycles. The van der Waals surface area contributed by atoms with Gasteiger partial charge in [0.15, 0.2) is 0 Å². The smallest absolute Gasteiger partial charge is 0.352 e. The van der Waals surface area contributed by atoms with Crippen molar-refractivity contribution in [2.75, 3.05) is 31.1 Å². The predicted octanol–water partition coefficient (Wildman–Crippen LogP) is 2.36. The number of fused-ring (bicyclic) bond motifs is 3. The van der Waals surface area contributed by atoms with Crippen molar-refractivity contribution in [3.8, 4) is 0 Å². The molecule has 1 aliphatic heterocycles. The first-order chi connectivity index (χ1) is 16.9. The number of anilines is 1. The van der Waals surface area contributed by atoms with Gasteiger partial charge in [-0.3, -0.25) is 14.2 Å². The molecule has 1 fully saturated rings. The van der Waals surface area contributed by atoms with Gasteiger partial charge < -0.3 is 9.80 Å². The molecule has 0 radical (unpaired) electrons. The molecular formula is C24H24ClFN6O3. The highest BCUT2D eigenvalue weighted by Gasteiger charge is 2.25. The summed E-state index contributed by atoms with van der Waals surface area (Å²) in [5, 5.41) is 5.07. The molecule has 5 rings (SSSR count). The minimum atomic E-state index is -0.504. The first-order valence-electron chi connectivity index (χ1n) is 11.5. The first kappa shape index (κ1) is 23.1. The zero-order chi connectivity index (χ0) is 24.7. The van der Waals surface area contributed by atoms with Crippen LogP contribution in [0.4, 0.5) is 10.1 Å². The van der Waals surface area contributed by atoms with Crippen molar-refractivity contribution in [3.63, 3.8) is 0 Å². The monoisotopic (exact) mass is 498 g/mol. The number of piperazine rings is 1. The molecule has 1 saturated heterocycles. The van der Waals surface area contributed by atoms with Gasteiger partial charge in [0.25, 0.3) is 5.56 Å². The van der Waals surface area contributed by atoms with Gasteiger partial charge in [0.1, 0.15) is 12.4 Å². The van der Waals surface area contributed by atoms with E-state index < -0.39 is 5.69 Å². The van der Waals surface area contributed by atoms with Crippen molar-refractivity contribution in [1.82, 2.24) is 23.6 Å². The lowest BCUT2D eigenvalue weighted by molar-refractivity contribution is -0.132. The third kappa shape index (κ3) is 4.07. The van der Waals surface area contributed by atoms with Crippen LogP contribution < -0.4 is 16.1 Å². The maximum atomic E-state index is 14.1. The highest BCUT2D eigenvalue weighted by molar-refractivity contribution is 6.31. The van der Waals surface area contributed by atoms with Crippen LogP contribution in [-0.4, -0.2) is 55.7 Å². The number of rotatable bonds is 5. The molecular weight excluding hydrogens is 475 g/mol. The van der Waals surface area contributed by atoms with E-state index in [2.05, 4.69) is 5.10 Å². The van der Waals surface area contributed by atoms with Gasteiger partial charge in [0.2, 0.25) is 11.7 Å². The Bertz CT molecular complexity index is 1550. The summed E-state index contributed by atoms with van der Waals surface area (Å²) in [4.78, 5) is 42.9. The molecule has 0 saturated carbocycles. The summed E-state index contributed by atoms with van der Waals surface area (Å²) in [6.07, 6.45) is 0.661. The van der Waals surface area contributed by atoms with E-state index in [1.54, 1.807) is 35.2 Å². The lowest BCUT2D eigenvalue weighted by Gasteiger charge is -2.36. The summed E-state index contributed by atoms with van der Waals surface area (Å²) >= 11 is 6.10. The molecule has 1 amide bonds. The van der Waals surface area contributed by atoms with Crippen LogP contribution in [0, 0.1) is 5.82 Å². The Labute approximate surface area is 204 Å². The zero-order valence-corrected chi connectivity index (χ0v) is 19.9. The van der Waals surface area contributed by atoms with Gasteiger partial charge in [0.05, 0.1) is 16.6 Å². The van der Waals surface area contributed by atoms with E-state index in [-0.39, 0.29) is 29.6 Å². The molecule has 2 aromatic carbocycles. The van der Waals surface area contributed by atoms with E-state index in [1.165, 1.54) is 21.1 Å². The quantitative estimate of drug-likeness (QED) is 0.422. The summed E-state index contributed by atoms with van der Waals surface area (Å²) < 4.78 is 18.0. The molecule has 4 aromatic rings. The molecule has 182 valence electrons. The lowest BCUT2D eigenvalue weighted by atomic mass is 10.2. The average Bonchev–Trinajstić information content (AvgIpc) is 3.18. The van der Waals surface area contributed by atoms with Gasteiger partial charge in [-0.15, -0.1) is 5.10 Å². The maximum Gasteiger partial charge on any atom is 0.352 e. The molecule has 0 atom stereocenters. The molecule has 1 aliphatic rings. The van der Waals surface area contributed by atoms with Crippen molar-refractivity contribution in [1.29, 1.82) is 0 Å². The topological polar surface area (TPSA) is 84.8 Å². The normalized spacial score (nSPS) is 14.3. The van der Waals surface area contributed by atoms with Crippen molar-refractivity contribution < 1.29 is 9.18 Å². The van der Waals surface area contributed by atoms with Crippen LogP contribution >= 0.6 is 11.6 Å². The number of nitrogens with zero attached hydrogens (tertiary/aromatic N) is 6. The highest BCUT2D eigenvalue weighted by atomic mass is 35.5. The van der Waals surface area contributed by atoms with Crippen molar-refractivity contribution in [2.45, 2.75) is 26.4 Å². The number of carbonyl (C=O) groups is 1. The van der Waals surface area contributed by atoms with Crippen molar-refractivity contribution in [2.24, 2.45) is 0 Å². The zero-order valence-electron chi connectivity index (χ0n) is 19.2. The van der Waals surface area contributed by atoms with Gasteiger partial charge in [-0.2, -0.15) is 0 Å². The van der Waals surface area contributed by atoms with Crippen LogP contribution in [0.1, 0.15) is 13.3 Å². The van der Waals surface area contributed by atoms with Crippen molar-refractivity contribution >= 4 is 39.9 Å². The van der Waals surface area contributed by atoms with Crippen LogP contribution in [0.25, 0.3) is 16.7 Å². The minimum Gasteiger partial charge on any atom is -0.366 e. The number of para-hydroxylation sites is 1. The van der Waals surface area contributed by atoms with Gasteiger partial charge in [-0.25, -0.2) is 18.3 Å². The molecule has 35 heavy (non-hydrogen) atoms. The summed E-state index contributed by atoms with van der Waals surface area (Å²) in [5.74, 6) is -0.371. The highest BCUT2D eigenvalue weighted by Crippen LogP contribution is 2.20. The number of hydrogen-bond donors (Lipinski definition) is 0. The fourth-order valence-electron chi connectivity index (χ4n) is 4.55. The third-order valence-electron chi connectivity index (χ3n) is 6.30. The number of aromatic nitrogens is 4. The molecule has 0 bridgehead atoms. The number of aryl methyl sites for hydroxylation is 1. The van der Waals surface area contributed by atoms with Gasteiger partial charge in [-0.1, -0.05) is 30.7 Å². The number of carbonyl (C=O) groups excluding carboxylic acids is 1. The summed E-state index contributed by atoms with van der Waals surface area (Å²) in [7, 11) is 0. The first-order valence-corrected chi connectivity index (χ1v) is 11.9. The summed E-state index contributed by atoms with van der Waals surface area (Å²) in [6, 6.07) is 11.3. The molecule has 0 aliphatic carbocycles. The Balaban J connectivity index is 1.43. The fraction of sp³-hybridized carbons (Fsp3) is 0.333. The average molecular weight is 499 g/mol. The van der Waals surface area contributed by atoms with Crippen LogP contribution in [0.2, 0.25) is 5.02 Å². The van der Waals surface area contributed by atoms with Gasteiger partial charge in [-0.05, 0) is 36.8 Å².